The van der Waals surface area contributed by atoms with Crippen molar-refractivity contribution in [2.75, 3.05) is 0 Å². The van der Waals surface area contributed by atoms with Crippen LogP contribution in [0.2, 0.25) is 0 Å². The highest BCUT2D eigenvalue weighted by Crippen LogP contribution is 2.19. The number of rotatable bonds is 6. The van der Waals surface area contributed by atoms with Crippen LogP contribution in [0, 0.1) is 0 Å². The molecule has 0 saturated heterocycles. The van der Waals surface area contributed by atoms with Crippen molar-refractivity contribution < 1.29 is 4.79 Å². The summed E-state index contributed by atoms with van der Waals surface area (Å²) in [5.74, 6) is 0.397. The number of carbonyl (C=O) groups excluding carboxylic acids is 1. The monoisotopic (exact) mass is 367 g/mol. The molecule has 0 bridgehead atoms. The third-order valence-corrected chi connectivity index (χ3v) is 5.26. The normalized spacial score (nSPS) is 16.2. The zero-order chi connectivity index (χ0) is 19.4. The molecule has 0 spiro atoms. The Hall–Kier alpha value is -2.43. The van der Waals surface area contributed by atoms with E-state index in [-0.39, 0.29) is 17.5 Å². The molecular formula is C22H29N3O2. The summed E-state index contributed by atoms with van der Waals surface area (Å²) in [6.07, 6.45) is 4.31. The zero-order valence-corrected chi connectivity index (χ0v) is 16.5. The van der Waals surface area contributed by atoms with E-state index >= 15 is 0 Å². The maximum Gasteiger partial charge on any atom is 0.267 e. The van der Waals surface area contributed by atoms with Crippen molar-refractivity contribution in [1.29, 1.82) is 0 Å². The predicted octanol–water partition coefficient (Wildman–Crippen LogP) is 3.45. The van der Waals surface area contributed by atoms with Crippen LogP contribution in [0.25, 0.3) is 0 Å². The minimum atomic E-state index is -0.0528. The topological polar surface area (TPSA) is 64.0 Å². The standard InChI is InChI=1S/C22H29N3O2/c1-4-5-12-25-21(26)14-18-13-19(10-11-20(18)24-25)23-22(27)17-8-6-16(7-9-17)15(2)3/h6-9,14-15,19H,4-5,10-13H2,1-3H3,(H,23,27). The van der Waals surface area contributed by atoms with E-state index in [0.29, 0.717) is 24.4 Å². The molecule has 1 atom stereocenters. The van der Waals surface area contributed by atoms with Gasteiger partial charge in [0.2, 0.25) is 0 Å². The van der Waals surface area contributed by atoms with Gasteiger partial charge in [0.1, 0.15) is 0 Å². The number of hydrogen-bond donors (Lipinski definition) is 1. The molecule has 1 amide bonds. The number of nitrogens with one attached hydrogen (secondary N) is 1. The first kappa shape index (κ1) is 19.3. The summed E-state index contributed by atoms with van der Waals surface area (Å²) in [5.41, 5.74) is 3.83. The molecule has 1 aliphatic carbocycles. The predicted molar refractivity (Wildman–Crippen MR) is 107 cm³/mol. The second-order valence-corrected chi connectivity index (χ2v) is 7.72. The van der Waals surface area contributed by atoms with Crippen molar-refractivity contribution in [1.82, 2.24) is 15.1 Å². The molecule has 27 heavy (non-hydrogen) atoms. The third-order valence-electron chi connectivity index (χ3n) is 5.26. The quantitative estimate of drug-likeness (QED) is 0.850. The minimum absolute atomic E-state index is 0.0431. The molecule has 1 heterocycles. The molecule has 0 radical (unpaired) electrons. The van der Waals surface area contributed by atoms with Crippen LogP contribution in [0.15, 0.2) is 35.1 Å². The fourth-order valence-corrected chi connectivity index (χ4v) is 3.51. The molecule has 3 rings (SSSR count). The number of aromatic nitrogens is 2. The van der Waals surface area contributed by atoms with Crippen molar-refractivity contribution in [3.63, 3.8) is 0 Å². The number of fused-ring (bicyclic) bond motifs is 1. The molecule has 5 nitrogen and oxygen atoms in total. The van der Waals surface area contributed by atoms with Gasteiger partial charge in [0, 0.05) is 24.2 Å². The Kier molecular flexibility index (Phi) is 6.09. The maximum atomic E-state index is 12.6. The van der Waals surface area contributed by atoms with Gasteiger partial charge in [-0.05, 0) is 54.9 Å². The number of aryl methyl sites for hydroxylation is 2. The lowest BCUT2D eigenvalue weighted by Crippen LogP contribution is -2.40. The van der Waals surface area contributed by atoms with Crippen molar-refractivity contribution in [2.45, 2.75) is 71.4 Å². The Bertz CT molecular complexity index is 853. The number of carbonyl (C=O) groups is 1. The van der Waals surface area contributed by atoms with Crippen LogP contribution < -0.4 is 10.9 Å². The summed E-state index contributed by atoms with van der Waals surface area (Å²) in [5, 5.41) is 7.66. The van der Waals surface area contributed by atoms with Crippen molar-refractivity contribution in [2.24, 2.45) is 0 Å². The first-order valence-corrected chi connectivity index (χ1v) is 9.98. The van der Waals surface area contributed by atoms with E-state index in [4.69, 9.17) is 0 Å². The van der Waals surface area contributed by atoms with Crippen LogP contribution in [0.3, 0.4) is 0 Å². The molecule has 0 fully saturated rings. The average molecular weight is 367 g/mol. The van der Waals surface area contributed by atoms with Crippen molar-refractivity contribution in [3.05, 3.63) is 63.1 Å². The Morgan fingerprint density at radius 1 is 1.30 bits per heavy atom. The second kappa shape index (κ2) is 8.51. The Labute approximate surface area is 160 Å². The lowest BCUT2D eigenvalue weighted by Gasteiger charge is -2.25. The largest absolute Gasteiger partial charge is 0.349 e. The zero-order valence-electron chi connectivity index (χ0n) is 16.5. The van der Waals surface area contributed by atoms with Gasteiger partial charge < -0.3 is 5.32 Å². The first-order chi connectivity index (χ1) is 13.0. The number of unbranched alkanes of at least 4 members (excludes halogenated alkanes) is 1. The smallest absolute Gasteiger partial charge is 0.267 e. The fraction of sp³-hybridized carbons (Fsp3) is 0.500. The summed E-state index contributed by atoms with van der Waals surface area (Å²) in [6.45, 7) is 7.06. The van der Waals surface area contributed by atoms with Crippen LogP contribution >= 0.6 is 0 Å². The summed E-state index contributed by atoms with van der Waals surface area (Å²) in [6, 6.07) is 9.54. The molecule has 1 aliphatic rings. The summed E-state index contributed by atoms with van der Waals surface area (Å²) in [7, 11) is 0. The molecule has 1 aromatic heterocycles. The lowest BCUT2D eigenvalue weighted by atomic mass is 9.92. The van der Waals surface area contributed by atoms with Crippen LogP contribution in [0.1, 0.15) is 73.1 Å². The van der Waals surface area contributed by atoms with Crippen molar-refractivity contribution >= 4 is 5.91 Å². The van der Waals surface area contributed by atoms with Crippen molar-refractivity contribution in [3.8, 4) is 0 Å². The van der Waals surface area contributed by atoms with E-state index in [9.17, 15) is 9.59 Å². The van der Waals surface area contributed by atoms with Gasteiger partial charge in [-0.1, -0.05) is 39.3 Å². The van der Waals surface area contributed by atoms with Crippen LogP contribution in [0.4, 0.5) is 0 Å². The number of hydrogen-bond acceptors (Lipinski definition) is 3. The van der Waals surface area contributed by atoms with Gasteiger partial charge in [-0.15, -0.1) is 0 Å². The van der Waals surface area contributed by atoms with Gasteiger partial charge in [-0.2, -0.15) is 5.10 Å². The van der Waals surface area contributed by atoms with Gasteiger partial charge in [-0.3, -0.25) is 9.59 Å². The van der Waals surface area contributed by atoms with E-state index in [1.165, 1.54) is 5.56 Å². The Morgan fingerprint density at radius 3 is 2.70 bits per heavy atom. The maximum absolute atomic E-state index is 12.6. The molecule has 1 N–H and O–H groups in total. The van der Waals surface area contributed by atoms with E-state index < -0.39 is 0 Å². The van der Waals surface area contributed by atoms with Crippen LogP contribution in [0.5, 0.6) is 0 Å². The van der Waals surface area contributed by atoms with Crippen LogP contribution in [-0.4, -0.2) is 21.7 Å². The van der Waals surface area contributed by atoms with Gasteiger partial charge >= 0.3 is 0 Å². The Morgan fingerprint density at radius 2 is 2.04 bits per heavy atom. The lowest BCUT2D eigenvalue weighted by molar-refractivity contribution is 0.0933. The van der Waals surface area contributed by atoms with Gasteiger partial charge in [0.15, 0.2) is 0 Å². The molecule has 144 valence electrons. The minimum Gasteiger partial charge on any atom is -0.349 e. The molecule has 0 saturated carbocycles. The highest BCUT2D eigenvalue weighted by molar-refractivity contribution is 5.94. The van der Waals surface area contributed by atoms with Gasteiger partial charge in [0.25, 0.3) is 11.5 Å². The molecule has 0 aliphatic heterocycles. The van der Waals surface area contributed by atoms with Gasteiger partial charge in [0.05, 0.1) is 5.69 Å². The van der Waals surface area contributed by atoms with Crippen LogP contribution in [-0.2, 0) is 19.4 Å². The van der Waals surface area contributed by atoms with Gasteiger partial charge in [-0.25, -0.2) is 4.68 Å². The molecule has 1 unspecified atom stereocenters. The number of amides is 1. The fourth-order valence-electron chi connectivity index (χ4n) is 3.51. The SMILES string of the molecule is CCCCn1nc2c(cc1=O)CC(NC(=O)c1ccc(C(C)C)cc1)CC2. The van der Waals surface area contributed by atoms with E-state index in [0.717, 1.165) is 36.9 Å². The Balaban J connectivity index is 1.66. The summed E-state index contributed by atoms with van der Waals surface area (Å²) >= 11 is 0. The first-order valence-electron chi connectivity index (χ1n) is 9.98. The van der Waals surface area contributed by atoms with E-state index in [2.05, 4.69) is 31.2 Å². The highest BCUT2D eigenvalue weighted by atomic mass is 16.1. The highest BCUT2D eigenvalue weighted by Gasteiger charge is 2.23. The third kappa shape index (κ3) is 4.65. The summed E-state index contributed by atoms with van der Waals surface area (Å²) in [4.78, 5) is 24.8. The van der Waals surface area contributed by atoms with E-state index in [1.807, 2.05) is 24.3 Å². The molecule has 2 aromatic rings. The number of benzene rings is 1. The summed E-state index contributed by atoms with van der Waals surface area (Å²) < 4.78 is 1.58. The average Bonchev–Trinajstić information content (AvgIpc) is 2.66. The molecular weight excluding hydrogens is 338 g/mol. The number of nitrogens with zero attached hydrogens (tertiary/aromatic N) is 2. The molecule has 5 heteroatoms. The van der Waals surface area contributed by atoms with E-state index in [1.54, 1.807) is 10.7 Å². The second-order valence-electron chi connectivity index (χ2n) is 7.72. The molecule has 1 aromatic carbocycles.